The first-order valence-electron chi connectivity index (χ1n) is 5.29. The van der Waals surface area contributed by atoms with Gasteiger partial charge in [-0.05, 0) is 26.2 Å². The van der Waals surface area contributed by atoms with Crippen molar-refractivity contribution in [2.45, 2.75) is 32.2 Å². The maximum absolute atomic E-state index is 11.8. The number of fused-ring (bicyclic) bond motifs is 1. The van der Waals surface area contributed by atoms with E-state index >= 15 is 0 Å². The average Bonchev–Trinajstić information content (AvgIpc) is 2.77. The first-order chi connectivity index (χ1) is 7.22. The monoisotopic (exact) mass is 208 g/mol. The summed E-state index contributed by atoms with van der Waals surface area (Å²) in [4.78, 5) is 11.8. The Kier molecular flexibility index (Phi) is 2.73. The first kappa shape index (κ1) is 10.2. The Hall–Kier alpha value is -1.36. The smallest absolute Gasteiger partial charge is 0.272 e. The standard InChI is InChI=1S/C10H16N4O/c1-6(5-11)12-10(15)9-7-3-2-4-8(7)13-14-9/h6H,2-5,11H2,1H3,(H,12,15)(H,13,14)/t6-/m0/s1. The Morgan fingerprint density at radius 1 is 1.67 bits per heavy atom. The fourth-order valence-corrected chi connectivity index (χ4v) is 1.86. The van der Waals surface area contributed by atoms with E-state index in [0.29, 0.717) is 12.2 Å². The lowest BCUT2D eigenvalue weighted by molar-refractivity contribution is 0.0935. The van der Waals surface area contributed by atoms with Gasteiger partial charge >= 0.3 is 0 Å². The molecule has 0 radical (unpaired) electrons. The van der Waals surface area contributed by atoms with Crippen molar-refractivity contribution >= 4 is 5.91 Å². The molecule has 2 rings (SSSR count). The van der Waals surface area contributed by atoms with E-state index in [1.807, 2.05) is 6.92 Å². The molecule has 5 heteroatoms. The zero-order chi connectivity index (χ0) is 10.8. The Morgan fingerprint density at radius 3 is 3.20 bits per heavy atom. The number of nitrogens with zero attached hydrogens (tertiary/aromatic N) is 1. The van der Waals surface area contributed by atoms with Gasteiger partial charge in [-0.3, -0.25) is 9.89 Å². The number of H-pyrrole nitrogens is 1. The van der Waals surface area contributed by atoms with Crippen molar-refractivity contribution in [2.24, 2.45) is 5.73 Å². The van der Waals surface area contributed by atoms with Crippen molar-refractivity contribution in [2.75, 3.05) is 6.54 Å². The molecule has 1 aliphatic carbocycles. The van der Waals surface area contributed by atoms with E-state index in [0.717, 1.165) is 30.5 Å². The van der Waals surface area contributed by atoms with Gasteiger partial charge in [0, 0.05) is 23.8 Å². The lowest BCUT2D eigenvalue weighted by Gasteiger charge is -2.10. The summed E-state index contributed by atoms with van der Waals surface area (Å²) in [5.74, 6) is -0.118. The highest BCUT2D eigenvalue weighted by Crippen LogP contribution is 2.22. The highest BCUT2D eigenvalue weighted by Gasteiger charge is 2.23. The first-order valence-corrected chi connectivity index (χ1v) is 5.29. The Balaban J connectivity index is 2.12. The second-order valence-electron chi connectivity index (χ2n) is 3.99. The number of hydrogen-bond donors (Lipinski definition) is 3. The molecule has 1 aliphatic rings. The topological polar surface area (TPSA) is 83.8 Å². The molecule has 0 bridgehead atoms. The number of nitrogens with two attached hydrogens (primary N) is 1. The van der Waals surface area contributed by atoms with Crippen molar-refractivity contribution in [3.63, 3.8) is 0 Å². The van der Waals surface area contributed by atoms with Crippen molar-refractivity contribution in [1.29, 1.82) is 0 Å². The normalized spacial score (nSPS) is 16.1. The van der Waals surface area contributed by atoms with E-state index in [2.05, 4.69) is 15.5 Å². The molecule has 0 saturated heterocycles. The number of amides is 1. The Bertz CT molecular complexity index is 371. The minimum atomic E-state index is -0.118. The van der Waals surface area contributed by atoms with Gasteiger partial charge in [0.25, 0.3) is 5.91 Å². The molecular formula is C10H16N4O. The number of nitrogens with one attached hydrogen (secondary N) is 2. The van der Waals surface area contributed by atoms with Crippen molar-refractivity contribution in [1.82, 2.24) is 15.5 Å². The Morgan fingerprint density at radius 2 is 2.47 bits per heavy atom. The second-order valence-corrected chi connectivity index (χ2v) is 3.99. The Labute approximate surface area is 88.4 Å². The van der Waals surface area contributed by atoms with Crippen LogP contribution in [0.4, 0.5) is 0 Å². The summed E-state index contributed by atoms with van der Waals surface area (Å²) in [6.07, 6.45) is 3.06. The van der Waals surface area contributed by atoms with Gasteiger partial charge in [-0.25, -0.2) is 0 Å². The highest BCUT2D eigenvalue weighted by atomic mass is 16.2. The molecule has 1 amide bonds. The van der Waals surface area contributed by atoms with Gasteiger partial charge < -0.3 is 11.1 Å². The van der Waals surface area contributed by atoms with Crippen molar-refractivity contribution < 1.29 is 4.79 Å². The molecule has 1 heterocycles. The number of carbonyl (C=O) groups excluding carboxylic acids is 1. The molecule has 0 unspecified atom stereocenters. The van der Waals surface area contributed by atoms with Gasteiger partial charge in [0.15, 0.2) is 5.69 Å². The number of carbonyl (C=O) groups is 1. The molecule has 1 aromatic rings. The van der Waals surface area contributed by atoms with Crippen molar-refractivity contribution in [3.05, 3.63) is 17.0 Å². The van der Waals surface area contributed by atoms with Gasteiger partial charge in [0.05, 0.1) is 0 Å². The van der Waals surface area contributed by atoms with Crippen LogP contribution in [-0.4, -0.2) is 28.7 Å². The van der Waals surface area contributed by atoms with Crippen LogP contribution in [0, 0.1) is 0 Å². The van der Waals surface area contributed by atoms with Crippen LogP contribution in [0.3, 0.4) is 0 Å². The molecule has 0 spiro atoms. The van der Waals surface area contributed by atoms with E-state index in [4.69, 9.17) is 5.73 Å². The average molecular weight is 208 g/mol. The molecule has 5 nitrogen and oxygen atoms in total. The number of aromatic amines is 1. The zero-order valence-corrected chi connectivity index (χ0v) is 8.84. The molecule has 82 valence electrons. The third-order valence-corrected chi connectivity index (χ3v) is 2.75. The minimum Gasteiger partial charge on any atom is -0.347 e. The van der Waals surface area contributed by atoms with Gasteiger partial charge in [-0.15, -0.1) is 0 Å². The lowest BCUT2D eigenvalue weighted by Crippen LogP contribution is -2.38. The molecule has 0 aliphatic heterocycles. The molecule has 15 heavy (non-hydrogen) atoms. The molecule has 4 N–H and O–H groups in total. The van der Waals surface area contributed by atoms with Gasteiger partial charge in [0.1, 0.15) is 0 Å². The van der Waals surface area contributed by atoms with E-state index in [1.165, 1.54) is 0 Å². The number of aromatic nitrogens is 2. The van der Waals surface area contributed by atoms with Gasteiger partial charge in [0.2, 0.25) is 0 Å². The van der Waals surface area contributed by atoms with Gasteiger partial charge in [-0.1, -0.05) is 0 Å². The highest BCUT2D eigenvalue weighted by molar-refractivity contribution is 5.94. The van der Waals surface area contributed by atoms with Crippen LogP contribution in [-0.2, 0) is 12.8 Å². The fourth-order valence-electron chi connectivity index (χ4n) is 1.86. The molecule has 1 aromatic heterocycles. The van der Waals surface area contributed by atoms with E-state index < -0.39 is 0 Å². The predicted octanol–water partition coefficient (Wildman–Crippen LogP) is -0.0246. The summed E-state index contributed by atoms with van der Waals surface area (Å²) in [5.41, 5.74) is 8.18. The molecule has 0 fully saturated rings. The summed E-state index contributed by atoms with van der Waals surface area (Å²) in [5, 5.41) is 9.78. The largest absolute Gasteiger partial charge is 0.347 e. The van der Waals surface area contributed by atoms with E-state index in [1.54, 1.807) is 0 Å². The second kappa shape index (κ2) is 4.02. The fraction of sp³-hybridized carbons (Fsp3) is 0.600. The number of rotatable bonds is 3. The summed E-state index contributed by atoms with van der Waals surface area (Å²) < 4.78 is 0. The van der Waals surface area contributed by atoms with Crippen LogP contribution < -0.4 is 11.1 Å². The predicted molar refractivity (Wildman–Crippen MR) is 56.6 cm³/mol. The van der Waals surface area contributed by atoms with Crippen LogP contribution in [0.15, 0.2) is 0 Å². The number of aryl methyl sites for hydroxylation is 1. The number of hydrogen-bond acceptors (Lipinski definition) is 3. The van der Waals surface area contributed by atoms with Crippen LogP contribution in [0.5, 0.6) is 0 Å². The van der Waals surface area contributed by atoms with Crippen LogP contribution >= 0.6 is 0 Å². The van der Waals surface area contributed by atoms with Crippen molar-refractivity contribution in [3.8, 4) is 0 Å². The molecule has 1 atom stereocenters. The zero-order valence-electron chi connectivity index (χ0n) is 8.84. The summed E-state index contributed by atoms with van der Waals surface area (Å²) >= 11 is 0. The quantitative estimate of drug-likeness (QED) is 0.652. The third kappa shape index (κ3) is 1.87. The summed E-state index contributed by atoms with van der Waals surface area (Å²) in [6, 6.07) is -0.00810. The van der Waals surface area contributed by atoms with Gasteiger partial charge in [-0.2, -0.15) is 5.10 Å². The molecule has 0 saturated carbocycles. The van der Waals surface area contributed by atoms with Crippen LogP contribution in [0.2, 0.25) is 0 Å². The van der Waals surface area contributed by atoms with E-state index in [9.17, 15) is 4.79 Å². The van der Waals surface area contributed by atoms with Crippen LogP contribution in [0.1, 0.15) is 35.1 Å². The maximum atomic E-state index is 11.8. The lowest BCUT2D eigenvalue weighted by atomic mass is 10.2. The maximum Gasteiger partial charge on any atom is 0.272 e. The van der Waals surface area contributed by atoms with E-state index in [-0.39, 0.29) is 11.9 Å². The minimum absolute atomic E-state index is 0.00810. The third-order valence-electron chi connectivity index (χ3n) is 2.75. The SMILES string of the molecule is C[C@@H](CN)NC(=O)c1n[nH]c2c1CCC2. The summed E-state index contributed by atoms with van der Waals surface area (Å²) in [6.45, 7) is 2.32. The molecule has 0 aromatic carbocycles. The van der Waals surface area contributed by atoms with Crippen LogP contribution in [0.25, 0.3) is 0 Å². The molecular weight excluding hydrogens is 192 g/mol. The summed E-state index contributed by atoms with van der Waals surface area (Å²) in [7, 11) is 0.